The first kappa shape index (κ1) is 40.8. The van der Waals surface area contributed by atoms with Crippen molar-refractivity contribution in [2.45, 2.75) is 90.4 Å². The van der Waals surface area contributed by atoms with Crippen LogP contribution in [0.3, 0.4) is 0 Å². The zero-order valence-electron chi connectivity index (χ0n) is 34.3. The molecule has 1 aliphatic carbocycles. The van der Waals surface area contributed by atoms with Crippen LogP contribution in [0.4, 0.5) is 0 Å². The Bertz CT molecular complexity index is 2610. The number of aryl methyl sites for hydroxylation is 1. The molecule has 0 unspecified atom stereocenters. The molecule has 0 bridgehead atoms. The van der Waals surface area contributed by atoms with Gasteiger partial charge in [-0.3, -0.25) is 4.98 Å². The van der Waals surface area contributed by atoms with Crippen LogP contribution in [0.2, 0.25) is 0 Å². The Hall–Kier alpha value is -5.37. The van der Waals surface area contributed by atoms with E-state index in [9.17, 15) is 0 Å². The molecule has 58 heavy (non-hydrogen) atoms. The molecular formula is C49H49IrN7O-2. The van der Waals surface area contributed by atoms with Crippen LogP contribution in [-0.2, 0) is 38.0 Å². The van der Waals surface area contributed by atoms with Crippen LogP contribution in [0.1, 0.15) is 96.8 Å². The van der Waals surface area contributed by atoms with Crippen LogP contribution in [-0.4, -0.2) is 34.5 Å². The summed E-state index contributed by atoms with van der Waals surface area (Å²) in [6.45, 7) is 12.6. The third-order valence-corrected chi connectivity index (χ3v) is 10.6. The van der Waals surface area contributed by atoms with E-state index < -0.39 is 0 Å². The first-order valence-electron chi connectivity index (χ1n) is 19.9. The van der Waals surface area contributed by atoms with Gasteiger partial charge in [0.2, 0.25) is 5.71 Å². The van der Waals surface area contributed by atoms with Gasteiger partial charge in [-0.25, -0.2) is 19.9 Å². The van der Waals surface area contributed by atoms with Crippen molar-refractivity contribution in [1.82, 2.24) is 34.5 Å². The second-order valence-electron chi connectivity index (χ2n) is 17.1. The van der Waals surface area contributed by atoms with E-state index in [1.165, 1.54) is 48.8 Å². The molecule has 3 aromatic carbocycles. The van der Waals surface area contributed by atoms with Crippen molar-refractivity contribution in [3.63, 3.8) is 0 Å². The fourth-order valence-corrected chi connectivity index (χ4v) is 7.33. The zero-order chi connectivity index (χ0) is 39.7. The van der Waals surface area contributed by atoms with Crippen molar-refractivity contribution in [3.8, 4) is 45.3 Å². The van der Waals surface area contributed by atoms with Crippen LogP contribution in [0.25, 0.3) is 67.4 Å². The maximum Gasteiger partial charge on any atom is 0.216 e. The predicted octanol–water partition coefficient (Wildman–Crippen LogP) is 11.9. The van der Waals surface area contributed by atoms with Gasteiger partial charge in [-0.05, 0) is 53.3 Å². The van der Waals surface area contributed by atoms with Gasteiger partial charge in [0.25, 0.3) is 0 Å². The second-order valence-corrected chi connectivity index (χ2v) is 17.1. The third-order valence-electron chi connectivity index (χ3n) is 10.6. The topological polar surface area (TPSA) is 95.4 Å². The van der Waals surface area contributed by atoms with Crippen molar-refractivity contribution in [2.75, 3.05) is 0 Å². The molecule has 1 saturated carbocycles. The number of hydrogen-bond acceptors (Lipinski definition) is 7. The maximum atomic E-state index is 6.15. The molecule has 0 saturated heterocycles. The van der Waals surface area contributed by atoms with Crippen molar-refractivity contribution in [1.29, 1.82) is 0 Å². The van der Waals surface area contributed by atoms with Crippen molar-refractivity contribution in [3.05, 3.63) is 133 Å². The third kappa shape index (κ3) is 8.86. The first-order valence-corrected chi connectivity index (χ1v) is 19.9. The number of aromatic nitrogens is 7. The summed E-state index contributed by atoms with van der Waals surface area (Å²) in [6.07, 6.45) is 12.4. The molecule has 8 nitrogen and oxygen atoms in total. The van der Waals surface area contributed by atoms with Gasteiger partial charge >= 0.3 is 0 Å². The molecule has 0 atom stereocenters. The van der Waals surface area contributed by atoms with Gasteiger partial charge in [0, 0.05) is 62.0 Å². The first-order chi connectivity index (χ1) is 27.4. The largest absolute Gasteiger partial charge is 0.458 e. The summed E-state index contributed by atoms with van der Waals surface area (Å²) >= 11 is 0. The summed E-state index contributed by atoms with van der Waals surface area (Å²) in [7, 11) is 1.96. The second kappa shape index (κ2) is 16.8. The van der Waals surface area contributed by atoms with Crippen LogP contribution >= 0.6 is 0 Å². The number of furan rings is 1. The number of imidazole rings is 1. The van der Waals surface area contributed by atoms with Gasteiger partial charge in [0.05, 0.1) is 11.4 Å². The molecule has 0 spiro atoms. The van der Waals surface area contributed by atoms with Gasteiger partial charge in [-0.2, -0.15) is 0 Å². The quantitative estimate of drug-likeness (QED) is 0.159. The molecule has 297 valence electrons. The van der Waals surface area contributed by atoms with Gasteiger partial charge in [-0.15, -0.1) is 53.6 Å². The van der Waals surface area contributed by atoms with Crippen molar-refractivity contribution in [2.24, 2.45) is 7.05 Å². The van der Waals surface area contributed by atoms with E-state index in [0.717, 1.165) is 56.6 Å². The van der Waals surface area contributed by atoms with E-state index in [-0.39, 0.29) is 30.9 Å². The van der Waals surface area contributed by atoms with Gasteiger partial charge < -0.3 is 14.0 Å². The Morgan fingerprint density at radius 1 is 0.672 bits per heavy atom. The van der Waals surface area contributed by atoms with Crippen LogP contribution < -0.4 is 0 Å². The Labute approximate surface area is 355 Å². The minimum absolute atomic E-state index is 0. The molecule has 0 N–H and O–H groups in total. The number of pyridine rings is 2. The molecule has 5 aromatic heterocycles. The fourth-order valence-electron chi connectivity index (χ4n) is 7.33. The molecule has 0 amide bonds. The van der Waals surface area contributed by atoms with Gasteiger partial charge in [0.1, 0.15) is 17.3 Å². The van der Waals surface area contributed by atoms with Gasteiger partial charge in [0.15, 0.2) is 5.82 Å². The molecule has 0 aliphatic heterocycles. The normalized spacial score (nSPS) is 13.6. The monoisotopic (exact) mass is 944 g/mol. The van der Waals surface area contributed by atoms with E-state index in [2.05, 4.69) is 106 Å². The minimum atomic E-state index is -0.210. The predicted molar refractivity (Wildman–Crippen MR) is 229 cm³/mol. The maximum absolute atomic E-state index is 6.15. The fraction of sp³-hybridized carbons (Fsp3) is 0.306. The molecule has 9 rings (SSSR count). The smallest absolute Gasteiger partial charge is 0.216 e. The average Bonchev–Trinajstić information content (AvgIpc) is 3.83. The standard InChI is InChI=1S/C26H27N6O.C23H22N.Ir/c1-25(2,3)23-29-20(30-24(31-23)26(4,5)6)18-11-10-17-16-9-8-15(21-27-12-13-32(21)7)14-19(16)33-22(17)28-18;1-3-7-18(8-4-1)19-11-13-20(14-12-19)22-15-16-24-23(17-22)21-9-5-2-6-10-21;/h9-14H,1-7H3;2,5-6,9,11-18H,1,3-4,7-8H2;/q2*-1;. The van der Waals surface area contributed by atoms with Crippen LogP contribution in [0.5, 0.6) is 0 Å². The van der Waals surface area contributed by atoms with Crippen molar-refractivity contribution < 1.29 is 24.5 Å². The Morgan fingerprint density at radius 3 is 2.07 bits per heavy atom. The van der Waals surface area contributed by atoms with E-state index >= 15 is 0 Å². The molecule has 9 heteroatoms. The summed E-state index contributed by atoms with van der Waals surface area (Å²) in [5.74, 6) is 3.65. The molecular weight excluding hydrogens is 895 g/mol. The summed E-state index contributed by atoms with van der Waals surface area (Å²) in [4.78, 5) is 28.0. The molecule has 1 aliphatic rings. The Kier molecular flexibility index (Phi) is 11.9. The molecule has 8 aromatic rings. The number of benzene rings is 3. The summed E-state index contributed by atoms with van der Waals surface area (Å²) in [6, 6.07) is 35.8. The van der Waals surface area contributed by atoms with E-state index in [1.54, 1.807) is 6.20 Å². The van der Waals surface area contributed by atoms with E-state index in [4.69, 9.17) is 24.4 Å². The zero-order valence-corrected chi connectivity index (χ0v) is 36.7. The average molecular weight is 944 g/mol. The molecule has 5 heterocycles. The SMILES string of the molecule is Cn1ccnc1-c1[c-]cc2c(c1)oc1nc(-c3nc(C(C)(C)C)nc(C(C)(C)C)n3)ccc12.[Ir].[c-]1ccccc1-c1cc(-c2ccc(C3CCCCC3)cc2)ccn1. The molecule has 1 fully saturated rings. The van der Waals surface area contributed by atoms with E-state index in [1.807, 2.05) is 66.5 Å². The summed E-state index contributed by atoms with van der Waals surface area (Å²) < 4.78 is 8.10. The molecule has 1 radical (unpaired) electrons. The van der Waals surface area contributed by atoms with Crippen LogP contribution in [0.15, 0.2) is 108 Å². The van der Waals surface area contributed by atoms with Crippen molar-refractivity contribution >= 4 is 22.1 Å². The number of rotatable bonds is 5. The van der Waals surface area contributed by atoms with Crippen LogP contribution in [0, 0.1) is 12.1 Å². The minimum Gasteiger partial charge on any atom is -0.458 e. The Morgan fingerprint density at radius 2 is 1.41 bits per heavy atom. The summed E-state index contributed by atoms with van der Waals surface area (Å²) in [5, 5.41) is 1.89. The Balaban J connectivity index is 0.000000182. The number of hydrogen-bond donors (Lipinski definition) is 0. The number of fused-ring (bicyclic) bond motifs is 3. The van der Waals surface area contributed by atoms with Gasteiger partial charge in [-0.1, -0.05) is 109 Å². The van der Waals surface area contributed by atoms with E-state index in [0.29, 0.717) is 17.2 Å². The summed E-state index contributed by atoms with van der Waals surface area (Å²) in [5.41, 5.74) is 8.39. The number of nitrogens with zero attached hydrogens (tertiary/aromatic N) is 7.